The fraction of sp³-hybridized carbons (Fsp3) is 0.941. The standard InChI is InChI=1S/C17H35NO2/c1-3-4-5-6-7-8-10-13-16(2)20-17(19)14-11-9-12-15-18/h16H,3-15,18H2,1-2H3. The van der Waals surface area contributed by atoms with E-state index in [0.717, 1.165) is 25.7 Å². The average Bonchev–Trinajstić information content (AvgIpc) is 2.42. The molecule has 0 bridgehead atoms. The predicted molar refractivity (Wildman–Crippen MR) is 85.7 cm³/mol. The van der Waals surface area contributed by atoms with Crippen LogP contribution in [0.5, 0.6) is 0 Å². The van der Waals surface area contributed by atoms with Gasteiger partial charge in [0, 0.05) is 6.42 Å². The smallest absolute Gasteiger partial charge is 0.306 e. The molecule has 0 aromatic heterocycles. The molecule has 20 heavy (non-hydrogen) atoms. The Morgan fingerprint density at radius 1 is 0.950 bits per heavy atom. The van der Waals surface area contributed by atoms with Gasteiger partial charge in [0.1, 0.15) is 0 Å². The number of carbonyl (C=O) groups excluding carboxylic acids is 1. The zero-order valence-electron chi connectivity index (χ0n) is 13.7. The highest BCUT2D eigenvalue weighted by Crippen LogP contribution is 2.12. The van der Waals surface area contributed by atoms with Crippen LogP contribution in [0, 0.1) is 0 Å². The monoisotopic (exact) mass is 285 g/mol. The van der Waals surface area contributed by atoms with Crippen LogP contribution in [0.1, 0.15) is 90.9 Å². The van der Waals surface area contributed by atoms with Crippen LogP contribution in [0.25, 0.3) is 0 Å². The van der Waals surface area contributed by atoms with Crippen LogP contribution in [0.2, 0.25) is 0 Å². The number of rotatable bonds is 14. The van der Waals surface area contributed by atoms with Crippen molar-refractivity contribution >= 4 is 5.97 Å². The fourth-order valence-corrected chi connectivity index (χ4v) is 2.32. The van der Waals surface area contributed by atoms with Crippen molar-refractivity contribution in [2.45, 2.75) is 97.0 Å². The van der Waals surface area contributed by atoms with Crippen molar-refractivity contribution < 1.29 is 9.53 Å². The molecule has 0 aliphatic rings. The van der Waals surface area contributed by atoms with Gasteiger partial charge in [-0.25, -0.2) is 0 Å². The van der Waals surface area contributed by atoms with E-state index in [0.29, 0.717) is 13.0 Å². The highest BCUT2D eigenvalue weighted by atomic mass is 16.5. The first-order valence-electron chi connectivity index (χ1n) is 8.60. The molecule has 3 nitrogen and oxygen atoms in total. The van der Waals surface area contributed by atoms with Crippen LogP contribution >= 0.6 is 0 Å². The second-order valence-electron chi connectivity index (χ2n) is 5.81. The summed E-state index contributed by atoms with van der Waals surface area (Å²) in [6.07, 6.45) is 13.7. The molecule has 2 N–H and O–H groups in total. The van der Waals surface area contributed by atoms with Gasteiger partial charge in [-0.05, 0) is 39.2 Å². The molecule has 0 radical (unpaired) electrons. The van der Waals surface area contributed by atoms with E-state index in [1.54, 1.807) is 0 Å². The van der Waals surface area contributed by atoms with Crippen LogP contribution in [-0.4, -0.2) is 18.6 Å². The number of nitrogens with two attached hydrogens (primary N) is 1. The lowest BCUT2D eigenvalue weighted by molar-refractivity contribution is -0.148. The predicted octanol–water partition coefficient (Wildman–Crippen LogP) is 4.58. The van der Waals surface area contributed by atoms with Crippen LogP contribution in [0.3, 0.4) is 0 Å². The minimum Gasteiger partial charge on any atom is -0.463 e. The molecule has 0 saturated heterocycles. The van der Waals surface area contributed by atoms with Gasteiger partial charge in [-0.15, -0.1) is 0 Å². The average molecular weight is 285 g/mol. The first kappa shape index (κ1) is 19.4. The largest absolute Gasteiger partial charge is 0.463 e. The molecule has 3 heteroatoms. The Morgan fingerprint density at radius 3 is 2.20 bits per heavy atom. The minimum atomic E-state index is -0.0440. The maximum Gasteiger partial charge on any atom is 0.306 e. The number of hydrogen-bond acceptors (Lipinski definition) is 3. The van der Waals surface area contributed by atoms with Gasteiger partial charge in [0.15, 0.2) is 0 Å². The summed E-state index contributed by atoms with van der Waals surface area (Å²) in [5.41, 5.74) is 5.42. The maximum atomic E-state index is 11.6. The number of hydrogen-bond donors (Lipinski definition) is 1. The molecule has 120 valence electrons. The Labute approximate surface area is 125 Å². The molecule has 0 aromatic carbocycles. The summed E-state index contributed by atoms with van der Waals surface area (Å²) in [5, 5.41) is 0. The maximum absolute atomic E-state index is 11.6. The number of esters is 1. The van der Waals surface area contributed by atoms with E-state index in [-0.39, 0.29) is 12.1 Å². The lowest BCUT2D eigenvalue weighted by Crippen LogP contribution is -2.14. The van der Waals surface area contributed by atoms with Crippen LogP contribution in [0.15, 0.2) is 0 Å². The normalized spacial score (nSPS) is 12.3. The quantitative estimate of drug-likeness (QED) is 0.375. The molecule has 1 atom stereocenters. The van der Waals surface area contributed by atoms with E-state index in [1.807, 2.05) is 6.92 Å². The topological polar surface area (TPSA) is 52.3 Å². The fourth-order valence-electron chi connectivity index (χ4n) is 2.32. The Morgan fingerprint density at radius 2 is 1.55 bits per heavy atom. The van der Waals surface area contributed by atoms with Crippen molar-refractivity contribution in [2.75, 3.05) is 6.54 Å². The van der Waals surface area contributed by atoms with Crippen molar-refractivity contribution in [2.24, 2.45) is 5.73 Å². The van der Waals surface area contributed by atoms with E-state index >= 15 is 0 Å². The van der Waals surface area contributed by atoms with Crippen LogP contribution in [0.4, 0.5) is 0 Å². The van der Waals surface area contributed by atoms with Gasteiger partial charge in [0.2, 0.25) is 0 Å². The van der Waals surface area contributed by atoms with E-state index in [1.165, 1.54) is 44.9 Å². The number of unbranched alkanes of at least 4 members (excludes halogenated alkanes) is 8. The number of ether oxygens (including phenoxy) is 1. The molecule has 0 aromatic rings. The van der Waals surface area contributed by atoms with Gasteiger partial charge in [-0.3, -0.25) is 4.79 Å². The second kappa shape index (κ2) is 14.8. The molecule has 0 amide bonds. The van der Waals surface area contributed by atoms with E-state index in [2.05, 4.69) is 6.92 Å². The summed E-state index contributed by atoms with van der Waals surface area (Å²) < 4.78 is 5.41. The SMILES string of the molecule is CCCCCCCCCC(C)OC(=O)CCCCCN. The first-order chi connectivity index (χ1) is 9.70. The molecule has 0 spiro atoms. The zero-order valence-corrected chi connectivity index (χ0v) is 13.7. The third kappa shape index (κ3) is 13.9. The zero-order chi connectivity index (χ0) is 15.1. The van der Waals surface area contributed by atoms with Gasteiger partial charge in [0.25, 0.3) is 0 Å². The molecular weight excluding hydrogens is 250 g/mol. The lowest BCUT2D eigenvalue weighted by Gasteiger charge is -2.13. The molecule has 0 saturated carbocycles. The Balaban J connectivity index is 3.34. The molecule has 0 fully saturated rings. The van der Waals surface area contributed by atoms with Gasteiger partial charge in [-0.2, -0.15) is 0 Å². The highest BCUT2D eigenvalue weighted by Gasteiger charge is 2.08. The van der Waals surface area contributed by atoms with Gasteiger partial charge in [-0.1, -0.05) is 51.9 Å². The van der Waals surface area contributed by atoms with E-state index in [4.69, 9.17) is 10.5 Å². The van der Waals surface area contributed by atoms with Crippen molar-refractivity contribution in [3.05, 3.63) is 0 Å². The van der Waals surface area contributed by atoms with Gasteiger partial charge in [0.05, 0.1) is 6.10 Å². The third-order valence-electron chi connectivity index (χ3n) is 3.63. The van der Waals surface area contributed by atoms with Crippen molar-refractivity contribution in [3.63, 3.8) is 0 Å². The van der Waals surface area contributed by atoms with Gasteiger partial charge >= 0.3 is 5.97 Å². The van der Waals surface area contributed by atoms with E-state index in [9.17, 15) is 4.79 Å². The molecule has 0 aliphatic carbocycles. The Kier molecular flexibility index (Phi) is 14.4. The second-order valence-corrected chi connectivity index (χ2v) is 5.81. The lowest BCUT2D eigenvalue weighted by atomic mass is 10.1. The summed E-state index contributed by atoms with van der Waals surface area (Å²) in [5.74, 6) is -0.0440. The van der Waals surface area contributed by atoms with Crippen molar-refractivity contribution in [1.82, 2.24) is 0 Å². The van der Waals surface area contributed by atoms with Crippen LogP contribution in [-0.2, 0) is 9.53 Å². The highest BCUT2D eigenvalue weighted by molar-refractivity contribution is 5.69. The first-order valence-corrected chi connectivity index (χ1v) is 8.60. The molecule has 1 unspecified atom stereocenters. The molecule has 0 heterocycles. The Hall–Kier alpha value is -0.570. The third-order valence-corrected chi connectivity index (χ3v) is 3.63. The molecule has 0 rings (SSSR count). The summed E-state index contributed by atoms with van der Waals surface area (Å²) >= 11 is 0. The van der Waals surface area contributed by atoms with Crippen molar-refractivity contribution in [3.8, 4) is 0 Å². The summed E-state index contributed by atoms with van der Waals surface area (Å²) in [4.78, 5) is 11.6. The molecular formula is C17H35NO2. The van der Waals surface area contributed by atoms with Crippen molar-refractivity contribution in [1.29, 1.82) is 0 Å². The summed E-state index contributed by atoms with van der Waals surface area (Å²) in [7, 11) is 0. The minimum absolute atomic E-state index is 0.0440. The summed E-state index contributed by atoms with van der Waals surface area (Å²) in [6.45, 7) is 4.96. The van der Waals surface area contributed by atoms with Gasteiger partial charge < -0.3 is 10.5 Å². The molecule has 0 aliphatic heterocycles. The summed E-state index contributed by atoms with van der Waals surface area (Å²) in [6, 6.07) is 0. The number of carbonyl (C=O) groups is 1. The van der Waals surface area contributed by atoms with Crippen LogP contribution < -0.4 is 5.73 Å². The Bertz CT molecular complexity index is 219. The van der Waals surface area contributed by atoms with E-state index < -0.39 is 0 Å².